The third kappa shape index (κ3) is 5.85. The Hall–Kier alpha value is -0.570. The second kappa shape index (κ2) is 4.34. The molecule has 0 saturated carbocycles. The van der Waals surface area contributed by atoms with Gasteiger partial charge in [-0.25, -0.2) is 0 Å². The summed E-state index contributed by atoms with van der Waals surface area (Å²) in [4.78, 5) is 13.8. The van der Waals surface area contributed by atoms with Gasteiger partial charge in [-0.05, 0) is 33.0 Å². The lowest BCUT2D eigenvalue weighted by atomic mass is 10.2. The van der Waals surface area contributed by atoms with E-state index in [0.717, 1.165) is 0 Å². The van der Waals surface area contributed by atoms with Gasteiger partial charge >= 0.3 is 0 Å². The molecular formula is C7H11NO2S. The summed E-state index contributed by atoms with van der Waals surface area (Å²) in [5.74, 6) is 0. The number of hydrogen-bond acceptors (Lipinski definition) is 4. The first kappa shape index (κ1) is 10.4. The molecule has 0 aliphatic heterocycles. The van der Waals surface area contributed by atoms with E-state index in [1.54, 1.807) is 0 Å². The van der Waals surface area contributed by atoms with Crippen molar-refractivity contribution < 1.29 is 9.53 Å². The van der Waals surface area contributed by atoms with E-state index in [2.05, 4.69) is 22.4 Å². The van der Waals surface area contributed by atoms with Gasteiger partial charge in [0.25, 0.3) is 0 Å². The summed E-state index contributed by atoms with van der Waals surface area (Å²) >= 11 is 4.33. The van der Waals surface area contributed by atoms with Crippen LogP contribution in [0.3, 0.4) is 0 Å². The molecule has 0 unspecified atom stereocenters. The van der Waals surface area contributed by atoms with E-state index < -0.39 is 6.23 Å². The lowest BCUT2D eigenvalue weighted by molar-refractivity contribution is -0.126. The molecule has 11 heavy (non-hydrogen) atoms. The Kier molecular flexibility index (Phi) is 4.11. The summed E-state index contributed by atoms with van der Waals surface area (Å²) < 4.78 is 5.16. The van der Waals surface area contributed by atoms with Gasteiger partial charge in [0.05, 0.1) is 10.8 Å². The smallest absolute Gasteiger partial charge is 0.214 e. The minimum atomic E-state index is -0.813. The summed E-state index contributed by atoms with van der Waals surface area (Å²) in [6, 6.07) is 0. The number of isothiocyanates is 1. The second-order valence-corrected chi connectivity index (χ2v) is 3.16. The maximum Gasteiger partial charge on any atom is 0.214 e. The SMILES string of the molecule is CC(C)(C)O[C@H](C=O)N=C=S. The minimum Gasteiger partial charge on any atom is -0.344 e. The molecule has 0 aromatic heterocycles. The van der Waals surface area contributed by atoms with Crippen LogP contribution in [0.2, 0.25) is 0 Å². The highest BCUT2D eigenvalue weighted by Crippen LogP contribution is 2.09. The average molecular weight is 173 g/mol. The molecule has 4 heteroatoms. The van der Waals surface area contributed by atoms with E-state index in [1.165, 1.54) is 0 Å². The minimum absolute atomic E-state index is 0.388. The van der Waals surface area contributed by atoms with E-state index in [0.29, 0.717) is 6.29 Å². The van der Waals surface area contributed by atoms with Gasteiger partial charge in [0.1, 0.15) is 0 Å². The van der Waals surface area contributed by atoms with E-state index >= 15 is 0 Å². The van der Waals surface area contributed by atoms with Gasteiger partial charge in [0, 0.05) is 0 Å². The number of carbonyl (C=O) groups is 1. The second-order valence-electron chi connectivity index (χ2n) is 2.98. The van der Waals surface area contributed by atoms with Crippen molar-refractivity contribution in [2.75, 3.05) is 0 Å². The number of ether oxygens (including phenoxy) is 1. The molecular weight excluding hydrogens is 162 g/mol. The van der Waals surface area contributed by atoms with Crippen molar-refractivity contribution in [3.8, 4) is 0 Å². The van der Waals surface area contributed by atoms with Crippen molar-refractivity contribution in [2.45, 2.75) is 32.6 Å². The predicted octanol–water partition coefficient (Wildman–Crippen LogP) is 1.43. The van der Waals surface area contributed by atoms with Gasteiger partial charge in [-0.1, -0.05) is 0 Å². The van der Waals surface area contributed by atoms with Crippen molar-refractivity contribution >= 4 is 23.7 Å². The van der Waals surface area contributed by atoms with Crippen LogP contribution >= 0.6 is 12.2 Å². The molecule has 0 bridgehead atoms. The molecule has 0 rings (SSSR count). The maximum atomic E-state index is 10.3. The highest BCUT2D eigenvalue weighted by Gasteiger charge is 2.16. The fourth-order valence-corrected chi connectivity index (χ4v) is 0.603. The zero-order valence-corrected chi connectivity index (χ0v) is 7.64. The van der Waals surface area contributed by atoms with E-state index in [4.69, 9.17) is 4.74 Å². The Morgan fingerprint density at radius 2 is 2.18 bits per heavy atom. The molecule has 0 radical (unpaired) electrons. The van der Waals surface area contributed by atoms with Crippen molar-refractivity contribution in [2.24, 2.45) is 4.99 Å². The summed E-state index contributed by atoms with van der Waals surface area (Å²) in [6.45, 7) is 5.51. The Labute approximate surface area is 71.5 Å². The number of thiocarbonyl (C=S) groups is 1. The number of aldehydes is 1. The first-order valence-corrected chi connectivity index (χ1v) is 3.60. The Morgan fingerprint density at radius 3 is 2.45 bits per heavy atom. The molecule has 0 aromatic rings. The van der Waals surface area contributed by atoms with E-state index in [1.807, 2.05) is 20.8 Å². The van der Waals surface area contributed by atoms with E-state index in [-0.39, 0.29) is 5.60 Å². The molecule has 1 atom stereocenters. The number of hydrogen-bond donors (Lipinski definition) is 0. The Morgan fingerprint density at radius 1 is 1.64 bits per heavy atom. The Balaban J connectivity index is 4.08. The van der Waals surface area contributed by atoms with Crippen molar-refractivity contribution in [1.82, 2.24) is 0 Å². The largest absolute Gasteiger partial charge is 0.344 e. The third-order valence-corrected chi connectivity index (χ3v) is 0.876. The molecule has 0 aliphatic carbocycles. The average Bonchev–Trinajstić information content (AvgIpc) is 1.84. The highest BCUT2D eigenvalue weighted by molar-refractivity contribution is 7.78. The first-order valence-electron chi connectivity index (χ1n) is 3.19. The summed E-state index contributed by atoms with van der Waals surface area (Å²) in [6.07, 6.45) is -0.225. The summed E-state index contributed by atoms with van der Waals surface area (Å²) in [7, 11) is 0. The molecule has 0 spiro atoms. The lowest BCUT2D eigenvalue weighted by Crippen LogP contribution is -2.26. The zero-order valence-electron chi connectivity index (χ0n) is 6.83. The van der Waals surface area contributed by atoms with Gasteiger partial charge in [-0.2, -0.15) is 4.99 Å². The fourth-order valence-electron chi connectivity index (χ4n) is 0.499. The highest BCUT2D eigenvalue weighted by atomic mass is 32.1. The van der Waals surface area contributed by atoms with Crippen molar-refractivity contribution in [1.29, 1.82) is 0 Å². The Bertz CT molecular complexity index is 179. The van der Waals surface area contributed by atoms with Crippen LogP contribution in [0, 0.1) is 0 Å². The van der Waals surface area contributed by atoms with Crippen LogP contribution in [-0.4, -0.2) is 23.3 Å². The first-order chi connectivity index (χ1) is 4.99. The topological polar surface area (TPSA) is 38.7 Å². The molecule has 0 saturated heterocycles. The molecule has 62 valence electrons. The van der Waals surface area contributed by atoms with Gasteiger partial charge in [-0.3, -0.25) is 4.79 Å². The van der Waals surface area contributed by atoms with Gasteiger partial charge < -0.3 is 4.74 Å². The maximum absolute atomic E-state index is 10.3. The standard InChI is InChI=1S/C7H11NO2S/c1-7(2,3)10-6(4-9)8-5-11/h4,6H,1-3H3/t6-/m1/s1. The quantitative estimate of drug-likeness (QED) is 0.368. The molecule has 0 heterocycles. The predicted molar refractivity (Wildman–Crippen MR) is 45.7 cm³/mol. The lowest BCUT2D eigenvalue weighted by Gasteiger charge is -2.20. The fraction of sp³-hybridized carbons (Fsp3) is 0.714. The molecule has 0 N–H and O–H groups in total. The third-order valence-electron chi connectivity index (χ3n) is 0.771. The van der Waals surface area contributed by atoms with Crippen LogP contribution in [-0.2, 0) is 9.53 Å². The number of nitrogens with zero attached hydrogens (tertiary/aromatic N) is 1. The van der Waals surface area contributed by atoms with Gasteiger partial charge in [0.15, 0.2) is 6.29 Å². The molecule has 0 fully saturated rings. The van der Waals surface area contributed by atoms with Crippen LogP contribution in [0.15, 0.2) is 4.99 Å². The van der Waals surface area contributed by atoms with Crippen LogP contribution in [0.25, 0.3) is 0 Å². The molecule has 0 aromatic carbocycles. The van der Waals surface area contributed by atoms with Crippen molar-refractivity contribution in [3.63, 3.8) is 0 Å². The summed E-state index contributed by atoms with van der Waals surface area (Å²) in [5.41, 5.74) is -0.388. The van der Waals surface area contributed by atoms with Crippen LogP contribution in [0.5, 0.6) is 0 Å². The molecule has 0 aliphatic rings. The number of aliphatic imine (C=N–C) groups is 1. The summed E-state index contributed by atoms with van der Waals surface area (Å²) in [5, 5.41) is 2.09. The van der Waals surface area contributed by atoms with Crippen LogP contribution in [0.1, 0.15) is 20.8 Å². The monoisotopic (exact) mass is 173 g/mol. The van der Waals surface area contributed by atoms with Gasteiger partial charge in [0.2, 0.25) is 6.23 Å². The van der Waals surface area contributed by atoms with Gasteiger partial charge in [-0.15, -0.1) is 0 Å². The molecule has 0 amide bonds. The van der Waals surface area contributed by atoms with E-state index in [9.17, 15) is 4.79 Å². The molecule has 3 nitrogen and oxygen atoms in total. The van der Waals surface area contributed by atoms with Crippen molar-refractivity contribution in [3.05, 3.63) is 0 Å². The normalized spacial score (nSPS) is 13.4. The van der Waals surface area contributed by atoms with Crippen LogP contribution in [0.4, 0.5) is 0 Å². The zero-order chi connectivity index (χ0) is 8.91. The number of carbonyl (C=O) groups excluding carboxylic acids is 1. The number of rotatable bonds is 3. The van der Waals surface area contributed by atoms with Crippen LogP contribution < -0.4 is 0 Å².